The molecule has 1 aliphatic heterocycles. The summed E-state index contributed by atoms with van der Waals surface area (Å²) in [7, 11) is 2.06. The molecule has 0 bridgehead atoms. The van der Waals surface area contributed by atoms with E-state index in [2.05, 4.69) is 24.2 Å². The van der Waals surface area contributed by atoms with Gasteiger partial charge in [-0.2, -0.15) is 0 Å². The second-order valence-electron chi connectivity index (χ2n) is 4.18. The molecule has 1 N–H and O–H groups in total. The van der Waals surface area contributed by atoms with Crippen molar-refractivity contribution in [3.05, 3.63) is 0 Å². The van der Waals surface area contributed by atoms with Crippen LogP contribution in [0.2, 0.25) is 0 Å². The van der Waals surface area contributed by atoms with Crippen molar-refractivity contribution >= 4 is 6.03 Å². The van der Waals surface area contributed by atoms with Gasteiger partial charge in [0.15, 0.2) is 0 Å². The van der Waals surface area contributed by atoms with Gasteiger partial charge in [-0.15, -0.1) is 0 Å². The van der Waals surface area contributed by atoms with Gasteiger partial charge in [-0.3, -0.25) is 0 Å². The number of nitrogens with zero attached hydrogens (tertiary/aromatic N) is 2. The molecule has 88 valence electrons. The van der Waals surface area contributed by atoms with Crippen molar-refractivity contribution in [3.8, 4) is 0 Å². The van der Waals surface area contributed by atoms with Gasteiger partial charge in [-0.25, -0.2) is 4.79 Å². The molecular weight excluding hydrogens is 190 g/mol. The topological polar surface area (TPSA) is 35.6 Å². The number of urea groups is 1. The van der Waals surface area contributed by atoms with E-state index in [-0.39, 0.29) is 6.03 Å². The van der Waals surface area contributed by atoms with Gasteiger partial charge in [-0.05, 0) is 32.9 Å². The third-order valence-corrected chi connectivity index (χ3v) is 2.95. The summed E-state index contributed by atoms with van der Waals surface area (Å²) in [5.74, 6) is 0. The lowest BCUT2D eigenvalue weighted by Gasteiger charge is -2.27. The van der Waals surface area contributed by atoms with Crippen LogP contribution in [-0.2, 0) is 0 Å². The lowest BCUT2D eigenvalue weighted by molar-refractivity contribution is 0.185. The molecule has 4 nitrogen and oxygen atoms in total. The second kappa shape index (κ2) is 6.67. The zero-order valence-corrected chi connectivity index (χ0v) is 9.96. The van der Waals surface area contributed by atoms with Crippen molar-refractivity contribution in [2.24, 2.45) is 0 Å². The van der Waals surface area contributed by atoms with Gasteiger partial charge in [-0.1, -0.05) is 6.92 Å². The number of hydrogen-bond acceptors (Lipinski definition) is 2. The molecule has 1 rings (SSSR count). The van der Waals surface area contributed by atoms with Crippen molar-refractivity contribution in [2.75, 3.05) is 39.8 Å². The third-order valence-electron chi connectivity index (χ3n) is 2.95. The number of rotatable bonds is 4. The van der Waals surface area contributed by atoms with Crippen molar-refractivity contribution < 1.29 is 4.79 Å². The molecule has 0 aliphatic carbocycles. The summed E-state index contributed by atoms with van der Waals surface area (Å²) in [5.41, 5.74) is 0. The Morgan fingerprint density at radius 2 is 2.00 bits per heavy atom. The van der Waals surface area contributed by atoms with Gasteiger partial charge in [0, 0.05) is 26.2 Å². The fraction of sp³-hybridized carbons (Fsp3) is 0.909. The Morgan fingerprint density at radius 1 is 1.33 bits per heavy atom. The van der Waals surface area contributed by atoms with Crippen LogP contribution in [0.15, 0.2) is 0 Å². The van der Waals surface area contributed by atoms with Crippen LogP contribution in [0, 0.1) is 0 Å². The van der Waals surface area contributed by atoms with Crippen molar-refractivity contribution in [2.45, 2.75) is 26.2 Å². The van der Waals surface area contributed by atoms with E-state index in [4.69, 9.17) is 0 Å². The molecule has 0 saturated carbocycles. The molecule has 4 heteroatoms. The molecule has 1 saturated heterocycles. The molecule has 0 aromatic carbocycles. The maximum Gasteiger partial charge on any atom is 0.317 e. The van der Waals surface area contributed by atoms with Crippen molar-refractivity contribution in [1.29, 1.82) is 0 Å². The van der Waals surface area contributed by atoms with Gasteiger partial charge in [0.25, 0.3) is 0 Å². The van der Waals surface area contributed by atoms with Gasteiger partial charge < -0.3 is 15.1 Å². The first-order valence-corrected chi connectivity index (χ1v) is 5.95. The molecule has 0 aromatic heterocycles. The van der Waals surface area contributed by atoms with E-state index in [9.17, 15) is 4.79 Å². The Labute approximate surface area is 92.6 Å². The quantitative estimate of drug-likeness (QED) is 0.760. The summed E-state index contributed by atoms with van der Waals surface area (Å²) in [6.07, 6.45) is 3.58. The minimum atomic E-state index is 0.110. The fourth-order valence-corrected chi connectivity index (χ4v) is 1.72. The minimum Gasteiger partial charge on any atom is -0.337 e. The number of carbonyl (C=O) groups excluding carboxylic acids is 1. The lowest BCUT2D eigenvalue weighted by Crippen LogP contribution is -2.44. The molecule has 1 heterocycles. The minimum absolute atomic E-state index is 0.110. The Hall–Kier alpha value is -0.770. The summed E-state index contributed by atoms with van der Waals surface area (Å²) in [6, 6.07) is 0.110. The number of nitrogens with one attached hydrogen (secondary N) is 1. The lowest BCUT2D eigenvalue weighted by atomic mass is 10.1. The maximum absolute atomic E-state index is 11.7. The SMILES string of the molecule is CCN(C)CCNC(=O)N1CCCCC1. The Morgan fingerprint density at radius 3 is 2.60 bits per heavy atom. The Kier molecular flexibility index (Phi) is 5.47. The second-order valence-corrected chi connectivity index (χ2v) is 4.18. The zero-order chi connectivity index (χ0) is 11.1. The number of hydrogen-bond donors (Lipinski definition) is 1. The number of amides is 2. The van der Waals surface area contributed by atoms with Crippen LogP contribution >= 0.6 is 0 Å². The Bertz CT molecular complexity index is 190. The van der Waals surface area contributed by atoms with E-state index >= 15 is 0 Å². The predicted octanol–water partition coefficient (Wildman–Crippen LogP) is 1.13. The van der Waals surface area contributed by atoms with Crippen LogP contribution in [0.3, 0.4) is 0 Å². The smallest absolute Gasteiger partial charge is 0.317 e. The van der Waals surface area contributed by atoms with Gasteiger partial charge >= 0.3 is 6.03 Å². The standard InChI is InChI=1S/C11H23N3O/c1-3-13(2)10-7-12-11(15)14-8-5-4-6-9-14/h3-10H2,1-2H3,(H,12,15). The third kappa shape index (κ3) is 4.51. The van der Waals surface area contributed by atoms with E-state index < -0.39 is 0 Å². The number of likely N-dealkylation sites (N-methyl/N-ethyl adjacent to an activating group) is 1. The fourth-order valence-electron chi connectivity index (χ4n) is 1.72. The summed E-state index contributed by atoms with van der Waals surface area (Å²) >= 11 is 0. The molecular formula is C11H23N3O. The highest BCUT2D eigenvalue weighted by Gasteiger charge is 2.15. The van der Waals surface area contributed by atoms with Crippen molar-refractivity contribution in [1.82, 2.24) is 15.1 Å². The monoisotopic (exact) mass is 213 g/mol. The van der Waals surface area contributed by atoms with E-state index in [0.29, 0.717) is 0 Å². The van der Waals surface area contributed by atoms with Crippen LogP contribution in [0.25, 0.3) is 0 Å². The van der Waals surface area contributed by atoms with Crippen LogP contribution in [-0.4, -0.2) is 55.6 Å². The molecule has 2 amide bonds. The average molecular weight is 213 g/mol. The maximum atomic E-state index is 11.7. The van der Waals surface area contributed by atoms with Gasteiger partial charge in [0.1, 0.15) is 0 Å². The molecule has 0 atom stereocenters. The largest absolute Gasteiger partial charge is 0.337 e. The van der Waals surface area contributed by atoms with Crippen LogP contribution in [0.4, 0.5) is 4.79 Å². The first kappa shape index (κ1) is 12.3. The predicted molar refractivity (Wildman–Crippen MR) is 62.0 cm³/mol. The zero-order valence-electron chi connectivity index (χ0n) is 9.96. The molecule has 1 fully saturated rings. The van der Waals surface area contributed by atoms with Crippen LogP contribution < -0.4 is 5.32 Å². The molecule has 0 unspecified atom stereocenters. The number of piperidine rings is 1. The molecule has 0 radical (unpaired) electrons. The Balaban J connectivity index is 2.12. The van der Waals surface area contributed by atoms with E-state index in [1.165, 1.54) is 6.42 Å². The highest BCUT2D eigenvalue weighted by Crippen LogP contribution is 2.07. The molecule has 15 heavy (non-hydrogen) atoms. The number of likely N-dealkylation sites (tertiary alicyclic amines) is 1. The highest BCUT2D eigenvalue weighted by molar-refractivity contribution is 5.74. The first-order valence-electron chi connectivity index (χ1n) is 5.95. The van der Waals surface area contributed by atoms with Gasteiger partial charge in [0.05, 0.1) is 0 Å². The van der Waals surface area contributed by atoms with Crippen LogP contribution in [0.5, 0.6) is 0 Å². The summed E-state index contributed by atoms with van der Waals surface area (Å²) in [5, 5.41) is 2.96. The average Bonchev–Trinajstić information content (AvgIpc) is 2.29. The summed E-state index contributed by atoms with van der Waals surface area (Å²) < 4.78 is 0. The van der Waals surface area contributed by atoms with Gasteiger partial charge in [0.2, 0.25) is 0 Å². The highest BCUT2D eigenvalue weighted by atomic mass is 16.2. The van der Waals surface area contributed by atoms with Crippen molar-refractivity contribution in [3.63, 3.8) is 0 Å². The molecule has 0 spiro atoms. The van der Waals surface area contributed by atoms with E-state index in [1.807, 2.05) is 4.90 Å². The first-order chi connectivity index (χ1) is 7.24. The summed E-state index contributed by atoms with van der Waals surface area (Å²) in [4.78, 5) is 15.8. The number of carbonyl (C=O) groups is 1. The van der Waals surface area contributed by atoms with E-state index in [0.717, 1.165) is 45.6 Å². The molecule has 1 aliphatic rings. The molecule has 0 aromatic rings. The summed E-state index contributed by atoms with van der Waals surface area (Å²) in [6.45, 7) is 6.67. The van der Waals surface area contributed by atoms with E-state index in [1.54, 1.807) is 0 Å². The normalized spacial score (nSPS) is 16.9. The van der Waals surface area contributed by atoms with Crippen LogP contribution in [0.1, 0.15) is 26.2 Å².